The van der Waals surface area contributed by atoms with Crippen molar-refractivity contribution in [1.82, 2.24) is 5.43 Å². The molecule has 2 aromatic carbocycles. The molecule has 0 aliphatic heterocycles. The number of nitrogens with zero attached hydrogens (tertiary/aromatic N) is 1. The van der Waals surface area contributed by atoms with Crippen LogP contribution in [0.5, 0.6) is 11.5 Å². The van der Waals surface area contributed by atoms with Gasteiger partial charge in [-0.15, -0.1) is 0 Å². The molecule has 188 valence electrons. The summed E-state index contributed by atoms with van der Waals surface area (Å²) in [5.41, 5.74) is 4.19. The maximum atomic E-state index is 12.1. The van der Waals surface area contributed by atoms with E-state index in [-0.39, 0.29) is 5.91 Å². The number of carbonyl (C=O) groups excluding carboxylic acids is 2. The molecule has 0 aromatic heterocycles. The predicted molar refractivity (Wildman–Crippen MR) is 142 cm³/mol. The second-order valence-electron chi connectivity index (χ2n) is 8.45. The van der Waals surface area contributed by atoms with Crippen LogP contribution in [-0.4, -0.2) is 25.2 Å². The fourth-order valence-electron chi connectivity index (χ4n) is 3.55. The number of carbonyl (C=O) groups is 2. The van der Waals surface area contributed by atoms with E-state index in [0.717, 1.165) is 18.4 Å². The summed E-state index contributed by atoms with van der Waals surface area (Å²) in [5, 5.41) is 4.03. The molecule has 0 aliphatic carbocycles. The first-order valence-electron chi connectivity index (χ1n) is 12.6. The van der Waals surface area contributed by atoms with E-state index in [1.165, 1.54) is 64.3 Å². The van der Waals surface area contributed by atoms with Gasteiger partial charge < -0.3 is 9.47 Å². The van der Waals surface area contributed by atoms with Gasteiger partial charge in [-0.25, -0.2) is 10.2 Å². The Hall–Kier alpha value is -3.41. The van der Waals surface area contributed by atoms with Crippen LogP contribution in [0.1, 0.15) is 82.3 Å². The van der Waals surface area contributed by atoms with Crippen LogP contribution in [0.15, 0.2) is 59.7 Å². The number of methoxy groups -OCH3 is 1. The zero-order valence-electron chi connectivity index (χ0n) is 21.0. The van der Waals surface area contributed by atoms with Gasteiger partial charge in [0.2, 0.25) is 5.91 Å². The van der Waals surface area contributed by atoms with Crippen LogP contribution in [0.25, 0.3) is 6.08 Å². The Morgan fingerprint density at radius 2 is 1.54 bits per heavy atom. The Bertz CT molecular complexity index is 954. The molecule has 0 aliphatic rings. The van der Waals surface area contributed by atoms with Gasteiger partial charge in [-0.2, -0.15) is 5.10 Å². The van der Waals surface area contributed by atoms with Gasteiger partial charge in [0, 0.05) is 12.5 Å². The molecular weight excluding hydrogens is 440 g/mol. The predicted octanol–water partition coefficient (Wildman–Crippen LogP) is 6.69. The lowest BCUT2D eigenvalue weighted by molar-refractivity contribution is -0.129. The molecule has 0 saturated carbocycles. The molecule has 35 heavy (non-hydrogen) atoms. The van der Waals surface area contributed by atoms with Crippen molar-refractivity contribution in [3.8, 4) is 11.5 Å². The molecule has 6 heteroatoms. The topological polar surface area (TPSA) is 77.0 Å². The number of esters is 1. The number of hydrazone groups is 1. The van der Waals surface area contributed by atoms with E-state index in [4.69, 9.17) is 9.47 Å². The average molecular weight is 479 g/mol. The van der Waals surface area contributed by atoms with E-state index in [1.807, 2.05) is 30.3 Å². The van der Waals surface area contributed by atoms with Crippen LogP contribution in [0, 0.1) is 0 Å². The maximum absolute atomic E-state index is 12.1. The zero-order valence-corrected chi connectivity index (χ0v) is 21.0. The van der Waals surface area contributed by atoms with E-state index in [9.17, 15) is 9.59 Å². The van der Waals surface area contributed by atoms with Crippen molar-refractivity contribution in [1.29, 1.82) is 0 Å². The zero-order chi connectivity index (χ0) is 25.1. The van der Waals surface area contributed by atoms with Crippen LogP contribution in [0.3, 0.4) is 0 Å². The molecule has 1 amide bonds. The average Bonchev–Trinajstić information content (AvgIpc) is 2.88. The number of hydrogen-bond acceptors (Lipinski definition) is 5. The van der Waals surface area contributed by atoms with Crippen LogP contribution in [0.4, 0.5) is 0 Å². The third-order valence-electron chi connectivity index (χ3n) is 5.52. The summed E-state index contributed by atoms with van der Waals surface area (Å²) in [5.74, 6) is 0.113. The number of rotatable bonds is 16. The fraction of sp³-hybridized carbons (Fsp3) is 0.414. The van der Waals surface area contributed by atoms with Crippen molar-refractivity contribution in [2.45, 2.75) is 71.1 Å². The van der Waals surface area contributed by atoms with Crippen molar-refractivity contribution < 1.29 is 19.1 Å². The van der Waals surface area contributed by atoms with E-state index in [1.54, 1.807) is 24.3 Å². The highest BCUT2D eigenvalue weighted by Crippen LogP contribution is 2.27. The molecule has 2 aromatic rings. The number of unbranched alkanes of at least 4 members (excludes halogenated alkanes) is 8. The molecule has 0 heterocycles. The summed E-state index contributed by atoms with van der Waals surface area (Å²) in [6.07, 6.45) is 16.0. The Balaban J connectivity index is 1.71. The van der Waals surface area contributed by atoms with Gasteiger partial charge in [-0.3, -0.25) is 4.79 Å². The lowest BCUT2D eigenvalue weighted by Crippen LogP contribution is -2.16. The lowest BCUT2D eigenvalue weighted by Gasteiger charge is -2.08. The van der Waals surface area contributed by atoms with Crippen molar-refractivity contribution in [2.75, 3.05) is 7.11 Å². The van der Waals surface area contributed by atoms with Crippen molar-refractivity contribution in [3.05, 3.63) is 65.7 Å². The largest absolute Gasteiger partial charge is 0.493 e. The van der Waals surface area contributed by atoms with Crippen molar-refractivity contribution in [3.63, 3.8) is 0 Å². The van der Waals surface area contributed by atoms with Crippen molar-refractivity contribution >= 4 is 24.2 Å². The molecule has 0 spiro atoms. The SMILES string of the molecule is CCCCCCCCCCCC(=O)NN=Cc1ccc(OC(=O)C=Cc2ccccc2)c(OC)c1. The first-order chi connectivity index (χ1) is 17.1. The minimum atomic E-state index is -0.502. The second kappa shape index (κ2) is 17.1. The van der Waals surface area contributed by atoms with E-state index >= 15 is 0 Å². The first-order valence-corrected chi connectivity index (χ1v) is 12.6. The lowest BCUT2D eigenvalue weighted by atomic mass is 10.1. The van der Waals surface area contributed by atoms with Gasteiger partial charge in [-0.1, -0.05) is 88.6 Å². The summed E-state index contributed by atoms with van der Waals surface area (Å²) in [7, 11) is 1.50. The maximum Gasteiger partial charge on any atom is 0.336 e. The van der Waals surface area contributed by atoms with Crippen molar-refractivity contribution in [2.24, 2.45) is 5.10 Å². The van der Waals surface area contributed by atoms with Gasteiger partial charge in [0.25, 0.3) is 0 Å². The van der Waals surface area contributed by atoms with Gasteiger partial charge in [-0.05, 0) is 41.8 Å². The number of benzene rings is 2. The van der Waals surface area contributed by atoms with Crippen LogP contribution >= 0.6 is 0 Å². The summed E-state index contributed by atoms with van der Waals surface area (Å²) >= 11 is 0. The number of nitrogens with one attached hydrogen (secondary N) is 1. The summed E-state index contributed by atoms with van der Waals surface area (Å²) < 4.78 is 10.7. The molecule has 1 N–H and O–H groups in total. The number of ether oxygens (including phenoxy) is 2. The van der Waals surface area contributed by atoms with Crippen LogP contribution < -0.4 is 14.9 Å². The Kier molecular flexibility index (Phi) is 13.6. The van der Waals surface area contributed by atoms with Crippen LogP contribution in [-0.2, 0) is 9.59 Å². The van der Waals surface area contributed by atoms with Gasteiger partial charge in [0.05, 0.1) is 13.3 Å². The molecule has 2 rings (SSSR count). The smallest absolute Gasteiger partial charge is 0.336 e. The molecular formula is C29H38N2O4. The van der Waals surface area contributed by atoms with Gasteiger partial charge in [0.15, 0.2) is 11.5 Å². The van der Waals surface area contributed by atoms with Gasteiger partial charge >= 0.3 is 5.97 Å². The molecule has 0 fully saturated rings. The Morgan fingerprint density at radius 1 is 0.857 bits per heavy atom. The molecule has 0 unspecified atom stereocenters. The minimum Gasteiger partial charge on any atom is -0.493 e. The normalized spacial score (nSPS) is 11.1. The highest BCUT2D eigenvalue weighted by Gasteiger charge is 2.09. The van der Waals surface area contributed by atoms with E-state index in [2.05, 4.69) is 17.5 Å². The van der Waals surface area contributed by atoms with E-state index in [0.29, 0.717) is 23.5 Å². The summed E-state index contributed by atoms with van der Waals surface area (Å²) in [4.78, 5) is 24.1. The highest BCUT2D eigenvalue weighted by molar-refractivity contribution is 5.89. The molecule has 0 saturated heterocycles. The summed E-state index contributed by atoms with van der Waals surface area (Å²) in [6.45, 7) is 2.23. The molecule has 0 radical (unpaired) electrons. The molecule has 0 bridgehead atoms. The molecule has 6 nitrogen and oxygen atoms in total. The first kappa shape index (κ1) is 27.8. The highest BCUT2D eigenvalue weighted by atomic mass is 16.6. The summed E-state index contributed by atoms with van der Waals surface area (Å²) in [6, 6.07) is 14.6. The van der Waals surface area contributed by atoms with Crippen LogP contribution in [0.2, 0.25) is 0 Å². The Morgan fingerprint density at radius 3 is 2.23 bits per heavy atom. The number of amides is 1. The monoisotopic (exact) mass is 478 g/mol. The quantitative estimate of drug-likeness (QED) is 0.0728. The third kappa shape index (κ3) is 12.0. The molecule has 0 atom stereocenters. The number of hydrogen-bond donors (Lipinski definition) is 1. The Labute approximate surface area is 209 Å². The van der Waals surface area contributed by atoms with E-state index < -0.39 is 5.97 Å². The van der Waals surface area contributed by atoms with Gasteiger partial charge in [0.1, 0.15) is 0 Å². The second-order valence-corrected chi connectivity index (χ2v) is 8.45. The third-order valence-corrected chi connectivity index (χ3v) is 5.52. The fourth-order valence-corrected chi connectivity index (χ4v) is 3.55. The minimum absolute atomic E-state index is 0.0908. The standard InChI is InChI=1S/C29H38N2O4/c1-3-4-5-6-7-8-9-10-14-17-28(32)31-30-23-25-18-20-26(27(22-25)34-2)35-29(33)21-19-24-15-12-11-13-16-24/h11-13,15-16,18-23H,3-10,14,17H2,1-2H3,(H,31,32).